The highest BCUT2D eigenvalue weighted by Gasteiger charge is 2.31. The zero-order valence-corrected chi connectivity index (χ0v) is 23.7. The van der Waals surface area contributed by atoms with Gasteiger partial charge in [0.15, 0.2) is 0 Å². The number of imide groups is 1. The van der Waals surface area contributed by atoms with E-state index in [-0.39, 0.29) is 40.7 Å². The molecule has 212 valence electrons. The lowest BCUT2D eigenvalue weighted by atomic mass is 10.0. The van der Waals surface area contributed by atoms with Crippen LogP contribution in [0.25, 0.3) is 0 Å². The van der Waals surface area contributed by atoms with Crippen molar-refractivity contribution in [2.24, 2.45) is 5.73 Å². The molecule has 0 radical (unpaired) electrons. The standard InChI is InChI=1S/C25H33N5O7S2/c1-4-7-13-30(5-2)39(35,36)17-10-8-16(9-11-17)21(31)27-23-20(22(32)28-24(26)33)18-12-14-29(15-19(18)38-23)25(34)37-6-3/h8-11H,4-7,12-15H2,1-3H3,(H,27,31)(H3,26,28,32,33). The molecule has 2 heterocycles. The molecule has 5 amide bonds. The number of hydrogen-bond acceptors (Lipinski definition) is 8. The van der Waals surface area contributed by atoms with Crippen molar-refractivity contribution in [2.75, 3.05) is 31.6 Å². The van der Waals surface area contributed by atoms with Crippen LogP contribution in [0, 0.1) is 0 Å². The van der Waals surface area contributed by atoms with Crippen molar-refractivity contribution in [3.8, 4) is 0 Å². The smallest absolute Gasteiger partial charge is 0.410 e. The number of unbranched alkanes of at least 4 members (excludes halogenated alkanes) is 1. The first-order chi connectivity index (χ1) is 18.5. The van der Waals surface area contributed by atoms with Crippen molar-refractivity contribution >= 4 is 50.3 Å². The van der Waals surface area contributed by atoms with Crippen LogP contribution in [0.1, 0.15) is 64.8 Å². The number of nitrogens with one attached hydrogen (secondary N) is 2. The molecule has 14 heteroatoms. The number of ether oxygens (including phenoxy) is 1. The molecule has 2 aromatic rings. The molecule has 0 fully saturated rings. The number of thiophene rings is 1. The lowest BCUT2D eigenvalue weighted by molar-refractivity contribution is 0.0965. The largest absolute Gasteiger partial charge is 0.450 e. The molecule has 39 heavy (non-hydrogen) atoms. The quantitative estimate of drug-likeness (QED) is 0.388. The summed E-state index contributed by atoms with van der Waals surface area (Å²) in [5.74, 6) is -1.35. The highest BCUT2D eigenvalue weighted by Crippen LogP contribution is 2.37. The van der Waals surface area contributed by atoms with Gasteiger partial charge >= 0.3 is 12.1 Å². The fourth-order valence-corrected chi connectivity index (χ4v) is 6.91. The summed E-state index contributed by atoms with van der Waals surface area (Å²) in [7, 11) is -3.71. The number of fused-ring (bicyclic) bond motifs is 1. The second-order valence-corrected chi connectivity index (χ2v) is 11.8. The number of amides is 5. The Morgan fingerprint density at radius 3 is 2.38 bits per heavy atom. The molecule has 0 spiro atoms. The minimum Gasteiger partial charge on any atom is -0.450 e. The van der Waals surface area contributed by atoms with Crippen molar-refractivity contribution < 1.29 is 32.3 Å². The normalized spacial score (nSPS) is 13.1. The Balaban J connectivity index is 1.87. The Morgan fingerprint density at radius 1 is 1.10 bits per heavy atom. The zero-order chi connectivity index (χ0) is 28.7. The van der Waals surface area contributed by atoms with E-state index in [4.69, 9.17) is 10.5 Å². The van der Waals surface area contributed by atoms with Gasteiger partial charge in [0.2, 0.25) is 10.0 Å². The lowest BCUT2D eigenvalue weighted by Gasteiger charge is -2.26. The van der Waals surface area contributed by atoms with Gasteiger partial charge < -0.3 is 20.7 Å². The van der Waals surface area contributed by atoms with Crippen LogP contribution < -0.4 is 16.4 Å². The van der Waals surface area contributed by atoms with Crippen LogP contribution in [0.15, 0.2) is 29.2 Å². The van der Waals surface area contributed by atoms with Crippen molar-refractivity contribution in [1.29, 1.82) is 0 Å². The molecule has 0 saturated carbocycles. The second kappa shape index (κ2) is 13.0. The lowest BCUT2D eigenvalue weighted by Crippen LogP contribution is -2.38. The van der Waals surface area contributed by atoms with Crippen molar-refractivity contribution in [1.82, 2.24) is 14.5 Å². The maximum absolute atomic E-state index is 13.1. The number of sulfonamides is 1. The Kier molecular flexibility index (Phi) is 10.1. The number of carbonyl (C=O) groups excluding carboxylic acids is 4. The number of urea groups is 1. The van der Waals surface area contributed by atoms with Crippen LogP contribution in [-0.2, 0) is 27.7 Å². The maximum Gasteiger partial charge on any atom is 0.410 e. The fourth-order valence-electron chi connectivity index (χ4n) is 4.16. The number of anilines is 1. The van der Waals surface area contributed by atoms with Crippen molar-refractivity contribution in [3.05, 3.63) is 45.8 Å². The molecule has 4 N–H and O–H groups in total. The second-order valence-electron chi connectivity index (χ2n) is 8.73. The van der Waals surface area contributed by atoms with E-state index in [1.54, 1.807) is 13.8 Å². The van der Waals surface area contributed by atoms with E-state index >= 15 is 0 Å². The Labute approximate surface area is 231 Å². The topological polar surface area (TPSA) is 168 Å². The first-order valence-corrected chi connectivity index (χ1v) is 14.9. The third-order valence-electron chi connectivity index (χ3n) is 6.14. The fraction of sp³-hybridized carbons (Fsp3) is 0.440. The molecule has 0 aliphatic carbocycles. The number of benzene rings is 1. The zero-order valence-electron chi connectivity index (χ0n) is 22.1. The molecule has 1 aliphatic rings. The molecule has 12 nitrogen and oxygen atoms in total. The molecule has 0 saturated heterocycles. The monoisotopic (exact) mass is 579 g/mol. The van der Waals surface area contributed by atoms with Gasteiger partial charge in [0, 0.05) is 30.1 Å². The van der Waals surface area contributed by atoms with Gasteiger partial charge in [0.1, 0.15) is 5.00 Å². The number of nitrogens with zero attached hydrogens (tertiary/aromatic N) is 2. The highest BCUT2D eigenvalue weighted by molar-refractivity contribution is 7.89. The van der Waals surface area contributed by atoms with E-state index in [1.165, 1.54) is 33.5 Å². The molecule has 1 aromatic heterocycles. The van der Waals surface area contributed by atoms with E-state index < -0.39 is 34.0 Å². The van der Waals surface area contributed by atoms with Crippen LogP contribution >= 0.6 is 11.3 Å². The molecule has 1 aliphatic heterocycles. The van der Waals surface area contributed by atoms with Gasteiger partial charge in [0.25, 0.3) is 11.8 Å². The Bertz CT molecular complexity index is 1340. The van der Waals surface area contributed by atoms with E-state index in [2.05, 4.69) is 5.32 Å². The summed E-state index contributed by atoms with van der Waals surface area (Å²) in [5.41, 5.74) is 6.01. The minimum atomic E-state index is -3.71. The third kappa shape index (κ3) is 6.94. The van der Waals surface area contributed by atoms with Gasteiger partial charge in [-0.25, -0.2) is 18.0 Å². The summed E-state index contributed by atoms with van der Waals surface area (Å²) < 4.78 is 32.4. The van der Waals surface area contributed by atoms with E-state index in [0.29, 0.717) is 30.0 Å². The highest BCUT2D eigenvalue weighted by atomic mass is 32.2. The van der Waals surface area contributed by atoms with Crippen LogP contribution in [0.2, 0.25) is 0 Å². The van der Waals surface area contributed by atoms with Gasteiger partial charge in [-0.05, 0) is 49.6 Å². The molecule has 3 rings (SSSR count). The first-order valence-electron chi connectivity index (χ1n) is 12.6. The number of rotatable bonds is 10. The van der Waals surface area contributed by atoms with Crippen LogP contribution in [0.4, 0.5) is 14.6 Å². The van der Waals surface area contributed by atoms with Crippen molar-refractivity contribution in [2.45, 2.75) is 51.5 Å². The SMILES string of the molecule is CCCCN(CC)S(=O)(=O)c1ccc(C(=O)Nc2sc3c(c2C(=O)NC(N)=O)CCN(C(=O)OCC)C3)cc1. The number of primary amides is 1. The van der Waals surface area contributed by atoms with E-state index in [1.807, 2.05) is 12.2 Å². The van der Waals surface area contributed by atoms with Gasteiger partial charge in [-0.1, -0.05) is 20.3 Å². The van der Waals surface area contributed by atoms with Crippen LogP contribution in [0.3, 0.4) is 0 Å². The number of nitrogens with two attached hydrogens (primary N) is 1. The molecule has 0 bridgehead atoms. The number of hydrogen-bond donors (Lipinski definition) is 3. The first kappa shape index (κ1) is 30.1. The molecular formula is C25H33N5O7S2. The summed E-state index contributed by atoms with van der Waals surface area (Å²) in [6.45, 7) is 6.87. The van der Waals surface area contributed by atoms with Gasteiger partial charge in [-0.2, -0.15) is 4.31 Å². The Hall–Kier alpha value is -3.49. The van der Waals surface area contributed by atoms with Gasteiger partial charge in [0.05, 0.1) is 23.6 Å². The van der Waals surface area contributed by atoms with Gasteiger partial charge in [-0.3, -0.25) is 14.9 Å². The van der Waals surface area contributed by atoms with E-state index in [0.717, 1.165) is 24.2 Å². The van der Waals surface area contributed by atoms with Gasteiger partial charge in [-0.15, -0.1) is 11.3 Å². The summed E-state index contributed by atoms with van der Waals surface area (Å²) in [4.78, 5) is 51.7. The summed E-state index contributed by atoms with van der Waals surface area (Å²) >= 11 is 1.10. The molecule has 0 unspecified atom stereocenters. The Morgan fingerprint density at radius 2 is 1.79 bits per heavy atom. The van der Waals surface area contributed by atoms with Crippen LogP contribution in [0.5, 0.6) is 0 Å². The molecule has 0 atom stereocenters. The molecule has 1 aromatic carbocycles. The number of carbonyl (C=O) groups is 4. The average Bonchev–Trinajstić information content (AvgIpc) is 3.25. The molecular weight excluding hydrogens is 546 g/mol. The summed E-state index contributed by atoms with van der Waals surface area (Å²) in [5, 5.41) is 4.92. The van der Waals surface area contributed by atoms with Crippen LogP contribution in [-0.4, -0.2) is 67.8 Å². The third-order valence-corrected chi connectivity index (χ3v) is 9.26. The predicted molar refractivity (Wildman–Crippen MR) is 146 cm³/mol. The average molecular weight is 580 g/mol. The summed E-state index contributed by atoms with van der Waals surface area (Å²) in [6, 6.07) is 4.49. The predicted octanol–water partition coefficient (Wildman–Crippen LogP) is 3.13. The summed E-state index contributed by atoms with van der Waals surface area (Å²) in [6.07, 6.45) is 1.41. The minimum absolute atomic E-state index is 0.0733. The van der Waals surface area contributed by atoms with E-state index in [9.17, 15) is 27.6 Å². The van der Waals surface area contributed by atoms with Crippen molar-refractivity contribution in [3.63, 3.8) is 0 Å². The maximum atomic E-state index is 13.1.